The largest absolute Gasteiger partial charge is 0.497 e. The van der Waals surface area contributed by atoms with Gasteiger partial charge >= 0.3 is 12.0 Å². The smallest absolute Gasteiger partial charge is 0.349 e. The molecule has 0 atom stereocenters. The van der Waals surface area contributed by atoms with Crippen molar-refractivity contribution in [1.82, 2.24) is 4.90 Å². The fourth-order valence-electron chi connectivity index (χ4n) is 3.56. The Hall–Kier alpha value is -3.22. The third-order valence-corrected chi connectivity index (χ3v) is 5.60. The van der Waals surface area contributed by atoms with E-state index >= 15 is 0 Å². The summed E-state index contributed by atoms with van der Waals surface area (Å²) < 4.78 is 16.1. The Bertz CT molecular complexity index is 910. The second-order valence-corrected chi connectivity index (χ2v) is 8.97. The molecule has 35 heavy (non-hydrogen) atoms. The third kappa shape index (κ3) is 9.51. The van der Waals surface area contributed by atoms with Gasteiger partial charge in [0.1, 0.15) is 11.5 Å². The van der Waals surface area contributed by atoms with E-state index in [4.69, 9.17) is 14.2 Å². The highest BCUT2D eigenvalue weighted by Crippen LogP contribution is 2.22. The van der Waals surface area contributed by atoms with Gasteiger partial charge in [0, 0.05) is 18.8 Å². The minimum atomic E-state index is -1.08. The first kappa shape index (κ1) is 28.0. The van der Waals surface area contributed by atoms with Crippen molar-refractivity contribution in [2.75, 3.05) is 25.6 Å². The first-order valence-corrected chi connectivity index (χ1v) is 12.4. The SMILES string of the molecule is CCCCCCCN(Cc1ccc(OC(C)(C)C(=O)OCC)cc1)C(=O)Nc1ccc(OC)cc1. The minimum absolute atomic E-state index is 0.144. The number of rotatable bonds is 14. The molecule has 0 aliphatic rings. The summed E-state index contributed by atoms with van der Waals surface area (Å²) in [6.45, 7) is 8.76. The van der Waals surface area contributed by atoms with Gasteiger partial charge in [0.2, 0.25) is 0 Å². The highest BCUT2D eigenvalue weighted by Gasteiger charge is 2.31. The summed E-state index contributed by atoms with van der Waals surface area (Å²) in [5.74, 6) is 0.901. The molecule has 0 aliphatic heterocycles. The molecule has 2 amide bonds. The Morgan fingerprint density at radius 1 is 0.886 bits per heavy atom. The highest BCUT2D eigenvalue weighted by atomic mass is 16.6. The maximum Gasteiger partial charge on any atom is 0.349 e. The first-order valence-electron chi connectivity index (χ1n) is 12.4. The van der Waals surface area contributed by atoms with Gasteiger partial charge < -0.3 is 24.4 Å². The number of amides is 2. The van der Waals surface area contributed by atoms with E-state index in [2.05, 4.69) is 12.2 Å². The van der Waals surface area contributed by atoms with Gasteiger partial charge in [-0.25, -0.2) is 9.59 Å². The van der Waals surface area contributed by atoms with Crippen LogP contribution < -0.4 is 14.8 Å². The predicted octanol–water partition coefficient (Wildman–Crippen LogP) is 6.42. The first-order chi connectivity index (χ1) is 16.8. The van der Waals surface area contributed by atoms with Gasteiger partial charge in [0.15, 0.2) is 5.60 Å². The molecule has 0 saturated heterocycles. The quantitative estimate of drug-likeness (QED) is 0.247. The molecule has 0 saturated carbocycles. The van der Waals surface area contributed by atoms with Crippen LogP contribution in [0.5, 0.6) is 11.5 Å². The van der Waals surface area contributed by atoms with E-state index in [1.165, 1.54) is 19.3 Å². The van der Waals surface area contributed by atoms with Crippen molar-refractivity contribution in [1.29, 1.82) is 0 Å². The van der Waals surface area contributed by atoms with Crippen LogP contribution in [-0.2, 0) is 16.1 Å². The molecule has 7 heteroatoms. The number of hydrogen-bond donors (Lipinski definition) is 1. The number of ether oxygens (including phenoxy) is 3. The van der Waals surface area contributed by atoms with Crippen LogP contribution in [0.4, 0.5) is 10.5 Å². The maximum absolute atomic E-state index is 13.1. The number of nitrogens with zero attached hydrogens (tertiary/aromatic N) is 1. The number of carbonyl (C=O) groups excluding carboxylic acids is 2. The molecule has 0 unspecified atom stereocenters. The number of nitrogens with one attached hydrogen (secondary N) is 1. The lowest BCUT2D eigenvalue weighted by atomic mass is 10.1. The molecule has 2 rings (SSSR count). The molecule has 0 spiro atoms. The van der Waals surface area contributed by atoms with Crippen molar-refractivity contribution in [3.8, 4) is 11.5 Å². The van der Waals surface area contributed by atoms with Gasteiger partial charge in [-0.2, -0.15) is 0 Å². The number of urea groups is 1. The van der Waals surface area contributed by atoms with E-state index in [1.807, 2.05) is 53.4 Å². The van der Waals surface area contributed by atoms with Crippen LogP contribution in [0, 0.1) is 0 Å². The fraction of sp³-hybridized carbons (Fsp3) is 0.500. The monoisotopic (exact) mass is 484 g/mol. The molecule has 0 radical (unpaired) electrons. The number of hydrogen-bond acceptors (Lipinski definition) is 5. The minimum Gasteiger partial charge on any atom is -0.497 e. The lowest BCUT2D eigenvalue weighted by Gasteiger charge is -2.25. The molecule has 1 N–H and O–H groups in total. The topological polar surface area (TPSA) is 77.1 Å². The standard InChI is InChI=1S/C28H40N2O5/c1-6-8-9-10-11-20-30(27(32)29-23-14-18-24(33-5)19-15-23)21-22-12-16-25(17-13-22)35-28(3,4)26(31)34-7-2/h12-19H,6-11,20-21H2,1-5H3,(H,29,32). The van der Waals surface area contributed by atoms with Crippen LogP contribution in [0.3, 0.4) is 0 Å². The summed E-state index contributed by atoms with van der Waals surface area (Å²) in [5, 5.41) is 2.99. The molecule has 0 fully saturated rings. The molecule has 0 aromatic heterocycles. The van der Waals surface area contributed by atoms with Crippen LogP contribution in [0.1, 0.15) is 65.4 Å². The number of methoxy groups -OCH3 is 1. The van der Waals surface area contributed by atoms with E-state index in [-0.39, 0.29) is 6.03 Å². The Morgan fingerprint density at radius 3 is 2.11 bits per heavy atom. The molecule has 0 heterocycles. The van der Waals surface area contributed by atoms with E-state index in [1.54, 1.807) is 27.9 Å². The summed E-state index contributed by atoms with van der Waals surface area (Å²) in [6, 6.07) is 14.6. The molecule has 0 bridgehead atoms. The normalized spacial score (nSPS) is 11.0. The second-order valence-electron chi connectivity index (χ2n) is 8.97. The second kappa shape index (κ2) is 14.2. The molecule has 2 aromatic carbocycles. The highest BCUT2D eigenvalue weighted by molar-refractivity contribution is 5.89. The van der Waals surface area contributed by atoms with Crippen molar-refractivity contribution < 1.29 is 23.8 Å². The van der Waals surface area contributed by atoms with Crippen molar-refractivity contribution >= 4 is 17.7 Å². The zero-order valence-electron chi connectivity index (χ0n) is 21.8. The summed E-state index contributed by atoms with van der Waals surface area (Å²) in [7, 11) is 1.61. The average molecular weight is 485 g/mol. The van der Waals surface area contributed by atoms with Crippen LogP contribution in [0.15, 0.2) is 48.5 Å². The molecular formula is C28H40N2O5. The molecule has 2 aromatic rings. The third-order valence-electron chi connectivity index (χ3n) is 5.60. The zero-order valence-corrected chi connectivity index (χ0v) is 21.8. The van der Waals surface area contributed by atoms with E-state index in [0.29, 0.717) is 25.4 Å². The Morgan fingerprint density at radius 2 is 1.51 bits per heavy atom. The Balaban J connectivity index is 2.05. The lowest BCUT2D eigenvalue weighted by molar-refractivity contribution is -0.158. The van der Waals surface area contributed by atoms with Crippen molar-refractivity contribution in [2.24, 2.45) is 0 Å². The van der Waals surface area contributed by atoms with Crippen molar-refractivity contribution in [3.63, 3.8) is 0 Å². The van der Waals surface area contributed by atoms with Crippen LogP contribution >= 0.6 is 0 Å². The van der Waals surface area contributed by atoms with Crippen LogP contribution in [-0.4, -0.2) is 42.8 Å². The zero-order chi connectivity index (χ0) is 25.7. The summed E-state index contributed by atoms with van der Waals surface area (Å²) in [5.41, 5.74) is 0.613. The van der Waals surface area contributed by atoms with Gasteiger partial charge in [-0.15, -0.1) is 0 Å². The summed E-state index contributed by atoms with van der Waals surface area (Å²) >= 11 is 0. The summed E-state index contributed by atoms with van der Waals surface area (Å²) in [6.07, 6.45) is 5.61. The van der Waals surface area contributed by atoms with Crippen LogP contribution in [0.2, 0.25) is 0 Å². The number of anilines is 1. The van der Waals surface area contributed by atoms with E-state index in [0.717, 1.165) is 29.8 Å². The van der Waals surface area contributed by atoms with Crippen molar-refractivity contribution in [2.45, 2.75) is 71.9 Å². The number of unbranched alkanes of at least 4 members (excludes halogenated alkanes) is 4. The van der Waals surface area contributed by atoms with Crippen LogP contribution in [0.25, 0.3) is 0 Å². The van der Waals surface area contributed by atoms with Gasteiger partial charge in [-0.05, 0) is 69.2 Å². The predicted molar refractivity (Wildman–Crippen MR) is 139 cm³/mol. The lowest BCUT2D eigenvalue weighted by Crippen LogP contribution is -2.39. The van der Waals surface area contributed by atoms with Gasteiger partial charge in [0.25, 0.3) is 0 Å². The Labute approximate surface area is 209 Å². The van der Waals surface area contributed by atoms with E-state index < -0.39 is 11.6 Å². The number of carbonyl (C=O) groups is 2. The molecule has 192 valence electrons. The Kier molecular flexibility index (Phi) is 11.4. The van der Waals surface area contributed by atoms with Gasteiger partial charge in [0.05, 0.1) is 13.7 Å². The number of benzene rings is 2. The summed E-state index contributed by atoms with van der Waals surface area (Å²) in [4.78, 5) is 27.0. The fourth-order valence-corrected chi connectivity index (χ4v) is 3.56. The molecule has 7 nitrogen and oxygen atoms in total. The number of esters is 1. The van der Waals surface area contributed by atoms with E-state index in [9.17, 15) is 9.59 Å². The molecule has 0 aliphatic carbocycles. The van der Waals surface area contributed by atoms with Crippen molar-refractivity contribution in [3.05, 3.63) is 54.1 Å². The average Bonchev–Trinajstić information content (AvgIpc) is 2.84. The van der Waals surface area contributed by atoms with Gasteiger partial charge in [-0.1, -0.05) is 44.7 Å². The molecular weight excluding hydrogens is 444 g/mol. The maximum atomic E-state index is 13.1. The van der Waals surface area contributed by atoms with Gasteiger partial charge in [-0.3, -0.25) is 0 Å².